The van der Waals surface area contributed by atoms with Crippen molar-refractivity contribution in [2.45, 2.75) is 50.7 Å². The molecule has 0 unspecified atom stereocenters. The van der Waals surface area contributed by atoms with E-state index in [0.717, 1.165) is 23.7 Å². The van der Waals surface area contributed by atoms with Crippen LogP contribution >= 0.6 is 0 Å². The molecule has 0 spiro atoms. The van der Waals surface area contributed by atoms with Gasteiger partial charge in [-0.15, -0.1) is 0 Å². The molecular weight excluding hydrogens is 424 g/mol. The van der Waals surface area contributed by atoms with Crippen LogP contribution in [0.25, 0.3) is 22.3 Å². The van der Waals surface area contributed by atoms with E-state index in [-0.39, 0.29) is 17.6 Å². The maximum absolute atomic E-state index is 14.7. The van der Waals surface area contributed by atoms with Crippen molar-refractivity contribution >= 4 is 11.0 Å². The van der Waals surface area contributed by atoms with E-state index in [1.807, 2.05) is 29.9 Å². The van der Waals surface area contributed by atoms with E-state index in [2.05, 4.69) is 16.3 Å². The van der Waals surface area contributed by atoms with Crippen LogP contribution in [0.1, 0.15) is 60.8 Å². The molecule has 1 aromatic carbocycles. The molecule has 6 rings (SSSR count). The molecule has 0 amide bonds. The summed E-state index contributed by atoms with van der Waals surface area (Å²) in [6.07, 6.45) is 7.69. The number of aryl methyl sites for hydroxylation is 1. The molecule has 1 aliphatic heterocycles. The first-order chi connectivity index (χ1) is 16.0. The summed E-state index contributed by atoms with van der Waals surface area (Å²) in [5.41, 5.74) is 3.07. The van der Waals surface area contributed by atoms with E-state index < -0.39 is 11.6 Å². The summed E-state index contributed by atoms with van der Waals surface area (Å²) < 4.78 is 36.4. The van der Waals surface area contributed by atoms with Crippen LogP contribution in [0.2, 0.25) is 0 Å². The number of hydrogen-bond donors (Lipinski definition) is 0. The summed E-state index contributed by atoms with van der Waals surface area (Å²) in [4.78, 5) is 14.1. The van der Waals surface area contributed by atoms with Crippen LogP contribution in [0.15, 0.2) is 42.7 Å². The van der Waals surface area contributed by atoms with Crippen LogP contribution < -0.4 is 0 Å². The van der Waals surface area contributed by atoms with Gasteiger partial charge < -0.3 is 4.74 Å². The van der Waals surface area contributed by atoms with Gasteiger partial charge in [0.15, 0.2) is 5.65 Å². The number of pyridine rings is 1. The van der Waals surface area contributed by atoms with Crippen LogP contribution in [-0.4, -0.2) is 31.3 Å². The minimum Gasteiger partial charge on any atom is -0.373 e. The van der Waals surface area contributed by atoms with Gasteiger partial charge in [-0.1, -0.05) is 0 Å². The Bertz CT molecular complexity index is 1350. The Morgan fingerprint density at radius 3 is 2.73 bits per heavy atom. The Hall–Kier alpha value is -3.26. The fraction of sp³-hybridized carbons (Fsp3) is 0.360. The van der Waals surface area contributed by atoms with Crippen molar-refractivity contribution < 1.29 is 13.5 Å². The number of ether oxygens (including phenoxy) is 1. The van der Waals surface area contributed by atoms with Crippen molar-refractivity contribution in [1.29, 1.82) is 0 Å². The zero-order chi connectivity index (χ0) is 22.5. The van der Waals surface area contributed by atoms with Gasteiger partial charge >= 0.3 is 0 Å². The summed E-state index contributed by atoms with van der Waals surface area (Å²) in [5, 5.41) is 5.14. The molecule has 4 aromatic rings. The Morgan fingerprint density at radius 1 is 1.03 bits per heavy atom. The number of fused-ring (bicyclic) bond motifs is 1. The average Bonchev–Trinajstić information content (AvgIpc) is 3.54. The Kier molecular flexibility index (Phi) is 4.90. The second-order valence-corrected chi connectivity index (χ2v) is 8.94. The number of benzene rings is 1. The van der Waals surface area contributed by atoms with Crippen LogP contribution in [-0.2, 0) is 4.74 Å². The summed E-state index contributed by atoms with van der Waals surface area (Å²) >= 11 is 0. The van der Waals surface area contributed by atoms with Gasteiger partial charge in [0.1, 0.15) is 17.5 Å². The van der Waals surface area contributed by atoms with Crippen molar-refractivity contribution in [2.75, 3.05) is 6.61 Å². The van der Waals surface area contributed by atoms with Gasteiger partial charge in [0.05, 0.1) is 24.0 Å². The summed E-state index contributed by atoms with van der Waals surface area (Å²) in [6.45, 7) is 2.47. The van der Waals surface area contributed by atoms with Gasteiger partial charge in [-0.25, -0.2) is 23.7 Å². The molecule has 1 saturated carbocycles. The van der Waals surface area contributed by atoms with E-state index in [0.29, 0.717) is 41.6 Å². The topological polar surface area (TPSA) is 65.7 Å². The van der Waals surface area contributed by atoms with E-state index >= 15 is 0 Å². The van der Waals surface area contributed by atoms with Gasteiger partial charge in [-0.05, 0) is 56.9 Å². The second-order valence-electron chi connectivity index (χ2n) is 8.94. The first-order valence-corrected chi connectivity index (χ1v) is 11.3. The quantitative estimate of drug-likeness (QED) is 0.417. The highest BCUT2D eigenvalue weighted by Crippen LogP contribution is 2.40. The SMILES string of the molecule is Cc1ccc2c(-c3ccc(F)cc3F)nc([C@H]3CCO[C@@H](c4cnn(C5CC5)c4)C3)nc2n1. The molecule has 1 aliphatic carbocycles. The molecule has 8 heteroatoms. The highest BCUT2D eigenvalue weighted by molar-refractivity contribution is 5.90. The fourth-order valence-electron chi connectivity index (χ4n) is 4.51. The van der Waals surface area contributed by atoms with E-state index in [1.165, 1.54) is 25.0 Å². The molecule has 3 aromatic heterocycles. The van der Waals surface area contributed by atoms with E-state index in [1.54, 1.807) is 0 Å². The Labute approximate surface area is 189 Å². The fourth-order valence-corrected chi connectivity index (χ4v) is 4.51. The molecule has 2 aliphatic rings. The molecule has 168 valence electrons. The van der Waals surface area contributed by atoms with Crippen molar-refractivity contribution in [2.24, 2.45) is 0 Å². The predicted molar refractivity (Wildman–Crippen MR) is 119 cm³/mol. The average molecular weight is 447 g/mol. The summed E-state index contributed by atoms with van der Waals surface area (Å²) in [5.74, 6) is -0.633. The lowest BCUT2D eigenvalue weighted by Crippen LogP contribution is -2.20. The number of aromatic nitrogens is 5. The molecule has 0 N–H and O–H groups in total. The number of nitrogens with zero attached hydrogens (tertiary/aromatic N) is 5. The van der Waals surface area contributed by atoms with Gasteiger partial charge in [-0.3, -0.25) is 4.68 Å². The van der Waals surface area contributed by atoms with E-state index in [9.17, 15) is 8.78 Å². The Balaban J connectivity index is 1.39. The number of rotatable bonds is 4. The smallest absolute Gasteiger partial charge is 0.163 e. The van der Waals surface area contributed by atoms with E-state index in [4.69, 9.17) is 14.7 Å². The molecule has 4 heterocycles. The van der Waals surface area contributed by atoms with Crippen LogP contribution in [0.4, 0.5) is 8.78 Å². The first kappa shape index (κ1) is 20.4. The van der Waals surface area contributed by atoms with Gasteiger partial charge in [-0.2, -0.15) is 5.10 Å². The maximum Gasteiger partial charge on any atom is 0.163 e. The van der Waals surface area contributed by atoms with Gasteiger partial charge in [0.2, 0.25) is 0 Å². The van der Waals surface area contributed by atoms with Crippen LogP contribution in [0, 0.1) is 18.6 Å². The summed E-state index contributed by atoms with van der Waals surface area (Å²) in [7, 11) is 0. The molecular formula is C25H23F2N5O. The lowest BCUT2D eigenvalue weighted by molar-refractivity contribution is 0.00396. The first-order valence-electron chi connectivity index (χ1n) is 11.3. The van der Waals surface area contributed by atoms with Crippen LogP contribution in [0.3, 0.4) is 0 Å². The third-order valence-corrected chi connectivity index (χ3v) is 6.47. The van der Waals surface area contributed by atoms with Crippen molar-refractivity contribution in [3.63, 3.8) is 0 Å². The number of halogens is 2. The molecule has 2 atom stereocenters. The van der Waals surface area contributed by atoms with Gasteiger partial charge in [0, 0.05) is 47.0 Å². The summed E-state index contributed by atoms with van der Waals surface area (Å²) in [6, 6.07) is 7.76. The standard InChI is InChI=1S/C25H23F2N5O/c1-14-2-6-20-23(19-7-3-17(26)11-21(19)27)30-24(31-25(20)29-14)15-8-9-33-22(10-15)16-12-28-32(13-16)18-4-5-18/h2-3,6-7,11-13,15,18,22H,4-5,8-10H2,1H3/t15-,22+/m0/s1. The maximum atomic E-state index is 14.7. The third-order valence-electron chi connectivity index (χ3n) is 6.47. The largest absolute Gasteiger partial charge is 0.373 e. The zero-order valence-electron chi connectivity index (χ0n) is 18.2. The minimum absolute atomic E-state index is 0.0296. The van der Waals surface area contributed by atoms with Crippen molar-refractivity contribution in [1.82, 2.24) is 24.7 Å². The molecule has 0 bridgehead atoms. The third kappa shape index (κ3) is 3.88. The van der Waals surface area contributed by atoms with Gasteiger partial charge in [0.25, 0.3) is 0 Å². The second kappa shape index (κ2) is 7.95. The highest BCUT2D eigenvalue weighted by atomic mass is 19.1. The molecule has 2 fully saturated rings. The predicted octanol–water partition coefficient (Wildman–Crippen LogP) is 5.45. The van der Waals surface area contributed by atoms with Crippen molar-refractivity contribution in [3.05, 3.63) is 71.4 Å². The normalized spacial score (nSPS) is 20.9. The zero-order valence-corrected chi connectivity index (χ0v) is 18.2. The lowest BCUT2D eigenvalue weighted by atomic mass is 9.92. The van der Waals surface area contributed by atoms with Crippen molar-refractivity contribution in [3.8, 4) is 11.3 Å². The van der Waals surface area contributed by atoms with Crippen LogP contribution in [0.5, 0.6) is 0 Å². The number of hydrogen-bond acceptors (Lipinski definition) is 5. The minimum atomic E-state index is -0.654. The Morgan fingerprint density at radius 2 is 1.91 bits per heavy atom. The molecule has 1 saturated heterocycles. The molecule has 33 heavy (non-hydrogen) atoms. The highest BCUT2D eigenvalue weighted by Gasteiger charge is 2.31. The monoisotopic (exact) mass is 447 g/mol. The lowest BCUT2D eigenvalue weighted by Gasteiger charge is -2.28. The molecule has 6 nitrogen and oxygen atoms in total. The molecule has 0 radical (unpaired) electrons.